The van der Waals surface area contributed by atoms with Gasteiger partial charge in [0.25, 0.3) is 0 Å². The van der Waals surface area contributed by atoms with Crippen LogP contribution < -0.4 is 11.3 Å². The summed E-state index contributed by atoms with van der Waals surface area (Å²) in [6, 6.07) is 7.37. The van der Waals surface area contributed by atoms with Crippen LogP contribution in [0, 0.1) is 0 Å². The molecular formula is C9H7BrN2O2. The summed E-state index contributed by atoms with van der Waals surface area (Å²) in [5.74, 6) is 0.363. The average Bonchev–Trinajstić information content (AvgIpc) is 2.49. The lowest BCUT2D eigenvalue weighted by Gasteiger charge is -1.99. The first-order valence-electron chi connectivity index (χ1n) is 3.92. The largest absolute Gasteiger partial charge is 0.391 e. The number of nitrogen functional groups attached to an aromatic ring is 1. The van der Waals surface area contributed by atoms with Crippen molar-refractivity contribution in [3.05, 3.63) is 39.1 Å². The maximum Gasteiger partial charge on any atom is 0.303 e. The molecule has 0 aliphatic carbocycles. The molecule has 0 atom stereocenters. The van der Waals surface area contributed by atoms with Crippen molar-refractivity contribution in [1.82, 2.24) is 5.16 Å². The Kier molecular flexibility index (Phi) is 2.17. The second-order valence-corrected chi connectivity index (χ2v) is 3.61. The Balaban J connectivity index is 2.66. The molecular weight excluding hydrogens is 248 g/mol. The number of H-pyrrole nitrogens is 1. The molecule has 0 aliphatic heterocycles. The van der Waals surface area contributed by atoms with Crippen molar-refractivity contribution in [3.63, 3.8) is 0 Å². The first kappa shape index (κ1) is 9.08. The van der Waals surface area contributed by atoms with Crippen LogP contribution in [0.1, 0.15) is 0 Å². The molecule has 14 heavy (non-hydrogen) atoms. The number of nitrogens with two attached hydrogens (primary N) is 1. The Labute approximate surface area is 87.8 Å². The van der Waals surface area contributed by atoms with Gasteiger partial charge in [0.15, 0.2) is 5.76 Å². The molecule has 4 nitrogen and oxygen atoms in total. The second kappa shape index (κ2) is 3.34. The number of anilines is 1. The molecule has 3 N–H and O–H groups in total. The van der Waals surface area contributed by atoms with Crippen molar-refractivity contribution < 1.29 is 4.52 Å². The molecule has 1 heterocycles. The molecule has 2 rings (SSSR count). The van der Waals surface area contributed by atoms with Crippen LogP contribution in [-0.4, -0.2) is 5.16 Å². The summed E-state index contributed by atoms with van der Waals surface area (Å²) in [6.07, 6.45) is 0. The van der Waals surface area contributed by atoms with E-state index in [1.54, 1.807) is 0 Å². The number of benzene rings is 1. The fourth-order valence-electron chi connectivity index (χ4n) is 1.16. The van der Waals surface area contributed by atoms with Gasteiger partial charge in [-0.3, -0.25) is 4.79 Å². The Bertz CT molecular complexity index is 516. The van der Waals surface area contributed by atoms with Crippen LogP contribution in [0.25, 0.3) is 11.3 Å². The summed E-state index contributed by atoms with van der Waals surface area (Å²) < 4.78 is 5.80. The molecule has 0 radical (unpaired) electrons. The molecule has 0 bridgehead atoms. The topological polar surface area (TPSA) is 72.0 Å². The van der Waals surface area contributed by atoms with E-state index in [-0.39, 0.29) is 5.69 Å². The number of hydrogen-bond acceptors (Lipinski definition) is 3. The molecule has 0 aliphatic rings. The van der Waals surface area contributed by atoms with E-state index in [1.165, 1.54) is 0 Å². The van der Waals surface area contributed by atoms with E-state index in [4.69, 9.17) is 10.3 Å². The first-order chi connectivity index (χ1) is 6.70. The maximum absolute atomic E-state index is 11.0. The van der Waals surface area contributed by atoms with Gasteiger partial charge in [0.1, 0.15) is 5.69 Å². The number of aromatic amines is 1. The van der Waals surface area contributed by atoms with E-state index < -0.39 is 5.56 Å². The molecule has 72 valence electrons. The molecule has 5 heteroatoms. The van der Waals surface area contributed by atoms with Gasteiger partial charge in [0, 0.05) is 10.0 Å². The van der Waals surface area contributed by atoms with Crippen molar-refractivity contribution in [1.29, 1.82) is 0 Å². The summed E-state index contributed by atoms with van der Waals surface area (Å²) in [7, 11) is 0. The van der Waals surface area contributed by atoms with Gasteiger partial charge in [-0.1, -0.05) is 28.1 Å². The number of aromatic nitrogens is 1. The zero-order valence-electron chi connectivity index (χ0n) is 7.08. The molecule has 0 unspecified atom stereocenters. The van der Waals surface area contributed by atoms with Crippen LogP contribution in [-0.2, 0) is 0 Å². The molecule has 0 saturated carbocycles. The van der Waals surface area contributed by atoms with E-state index in [9.17, 15) is 4.79 Å². The molecule has 1 aromatic carbocycles. The monoisotopic (exact) mass is 254 g/mol. The van der Waals surface area contributed by atoms with E-state index in [2.05, 4.69) is 21.1 Å². The summed E-state index contributed by atoms with van der Waals surface area (Å²) in [6.45, 7) is 0. The Morgan fingerprint density at radius 2 is 2.07 bits per heavy atom. The summed E-state index contributed by atoms with van der Waals surface area (Å²) in [5.41, 5.74) is 5.99. The smallest absolute Gasteiger partial charge is 0.303 e. The van der Waals surface area contributed by atoms with Gasteiger partial charge in [0.2, 0.25) is 0 Å². The number of nitrogens with one attached hydrogen (secondary N) is 1. The van der Waals surface area contributed by atoms with E-state index >= 15 is 0 Å². The van der Waals surface area contributed by atoms with Gasteiger partial charge < -0.3 is 10.3 Å². The standard InChI is InChI=1S/C9H7BrN2O2/c10-6-4-2-1-3-5(6)8-7(11)9(13)12-14-8/h1-4H,11H2,(H,12,13). The number of hydrogen-bond donors (Lipinski definition) is 2. The second-order valence-electron chi connectivity index (χ2n) is 2.76. The maximum atomic E-state index is 11.0. The van der Waals surface area contributed by atoms with Crippen LogP contribution in [0.2, 0.25) is 0 Å². The van der Waals surface area contributed by atoms with Gasteiger partial charge in [-0.05, 0) is 12.1 Å². The minimum absolute atomic E-state index is 0.0944. The van der Waals surface area contributed by atoms with Gasteiger partial charge in [-0.15, -0.1) is 0 Å². The molecule has 0 amide bonds. The molecule has 1 aromatic heterocycles. The fourth-order valence-corrected chi connectivity index (χ4v) is 1.62. The SMILES string of the molecule is Nc1c(-c2ccccc2Br)o[nH]c1=O. The van der Waals surface area contributed by atoms with Crippen molar-refractivity contribution >= 4 is 21.6 Å². The first-order valence-corrected chi connectivity index (χ1v) is 4.71. The van der Waals surface area contributed by atoms with Crippen molar-refractivity contribution in [2.24, 2.45) is 0 Å². The molecule has 0 spiro atoms. The summed E-state index contributed by atoms with van der Waals surface area (Å²) in [4.78, 5) is 11.0. The van der Waals surface area contributed by atoms with E-state index in [0.29, 0.717) is 5.76 Å². The minimum Gasteiger partial charge on any atom is -0.391 e. The lowest BCUT2D eigenvalue weighted by Crippen LogP contribution is -2.04. The van der Waals surface area contributed by atoms with Crippen molar-refractivity contribution in [2.45, 2.75) is 0 Å². The van der Waals surface area contributed by atoms with Gasteiger partial charge in [-0.2, -0.15) is 5.16 Å². The molecule has 2 aromatic rings. The average molecular weight is 255 g/mol. The highest BCUT2D eigenvalue weighted by molar-refractivity contribution is 9.10. The predicted octanol–water partition coefficient (Wildman–Crippen LogP) is 1.98. The molecule has 0 fully saturated rings. The van der Waals surface area contributed by atoms with Crippen LogP contribution in [0.5, 0.6) is 0 Å². The third kappa shape index (κ3) is 1.35. The normalized spacial score (nSPS) is 10.4. The third-order valence-corrected chi connectivity index (χ3v) is 2.55. The Morgan fingerprint density at radius 1 is 1.36 bits per heavy atom. The third-order valence-electron chi connectivity index (χ3n) is 1.85. The zero-order chi connectivity index (χ0) is 10.1. The van der Waals surface area contributed by atoms with E-state index in [0.717, 1.165) is 10.0 Å². The van der Waals surface area contributed by atoms with Gasteiger partial charge >= 0.3 is 5.56 Å². The number of rotatable bonds is 1. The van der Waals surface area contributed by atoms with Gasteiger partial charge in [0.05, 0.1) is 0 Å². The highest BCUT2D eigenvalue weighted by atomic mass is 79.9. The lowest BCUT2D eigenvalue weighted by atomic mass is 10.1. The van der Waals surface area contributed by atoms with Crippen LogP contribution in [0.15, 0.2) is 38.1 Å². The van der Waals surface area contributed by atoms with E-state index in [1.807, 2.05) is 24.3 Å². The van der Waals surface area contributed by atoms with Crippen LogP contribution in [0.4, 0.5) is 5.69 Å². The van der Waals surface area contributed by atoms with Crippen molar-refractivity contribution in [3.8, 4) is 11.3 Å². The van der Waals surface area contributed by atoms with Crippen LogP contribution in [0.3, 0.4) is 0 Å². The molecule has 0 saturated heterocycles. The van der Waals surface area contributed by atoms with Crippen LogP contribution >= 0.6 is 15.9 Å². The summed E-state index contributed by atoms with van der Waals surface area (Å²) >= 11 is 3.34. The van der Waals surface area contributed by atoms with Crippen molar-refractivity contribution in [2.75, 3.05) is 5.73 Å². The minimum atomic E-state index is -0.407. The number of halogens is 1. The highest BCUT2D eigenvalue weighted by Gasteiger charge is 2.13. The fraction of sp³-hybridized carbons (Fsp3) is 0. The quantitative estimate of drug-likeness (QED) is 0.818. The summed E-state index contributed by atoms with van der Waals surface area (Å²) in [5, 5.41) is 2.19. The Morgan fingerprint density at radius 3 is 2.64 bits per heavy atom. The predicted molar refractivity (Wildman–Crippen MR) is 56.9 cm³/mol. The lowest BCUT2D eigenvalue weighted by molar-refractivity contribution is 0.426. The highest BCUT2D eigenvalue weighted by Crippen LogP contribution is 2.29. The Hall–Kier alpha value is -1.49. The zero-order valence-corrected chi connectivity index (χ0v) is 8.67. The van der Waals surface area contributed by atoms with Gasteiger partial charge in [-0.25, -0.2) is 0 Å².